The van der Waals surface area contributed by atoms with Gasteiger partial charge in [-0.3, -0.25) is 4.79 Å². The van der Waals surface area contributed by atoms with Gasteiger partial charge in [0.25, 0.3) is 0 Å². The van der Waals surface area contributed by atoms with Crippen LogP contribution >= 0.6 is 11.8 Å². The second-order valence-corrected chi connectivity index (χ2v) is 8.62. The van der Waals surface area contributed by atoms with Gasteiger partial charge in [-0.25, -0.2) is 9.78 Å². The molecule has 1 heterocycles. The molecule has 2 N–H and O–H groups in total. The highest BCUT2D eigenvalue weighted by Crippen LogP contribution is 2.37. The first-order valence-corrected chi connectivity index (χ1v) is 12.7. The van der Waals surface area contributed by atoms with E-state index in [4.69, 9.17) is 19.2 Å². The lowest BCUT2D eigenvalue weighted by Crippen LogP contribution is -2.39. The van der Waals surface area contributed by atoms with Gasteiger partial charge in [-0.1, -0.05) is 11.8 Å². The SMILES string of the molecule is CCOC(=O)CNC(=O)NCCSc1nc(-c2ccc(OC)cc2)c(-c2ccc(OC)cc2)n1CC. The fourth-order valence-electron chi connectivity index (χ4n) is 3.56. The Labute approximate surface area is 215 Å². The highest BCUT2D eigenvalue weighted by Gasteiger charge is 2.20. The lowest BCUT2D eigenvalue weighted by atomic mass is 10.0. The van der Waals surface area contributed by atoms with Crippen LogP contribution in [-0.2, 0) is 16.1 Å². The van der Waals surface area contributed by atoms with Crippen LogP contribution in [0.25, 0.3) is 22.5 Å². The molecule has 3 aromatic rings. The molecule has 9 nitrogen and oxygen atoms in total. The zero-order valence-electron chi connectivity index (χ0n) is 21.0. The van der Waals surface area contributed by atoms with Crippen molar-refractivity contribution >= 4 is 23.8 Å². The largest absolute Gasteiger partial charge is 0.497 e. The third-order valence-corrected chi connectivity index (χ3v) is 6.27. The monoisotopic (exact) mass is 512 g/mol. The normalized spacial score (nSPS) is 10.6. The summed E-state index contributed by atoms with van der Waals surface area (Å²) in [6.45, 7) is 5.04. The summed E-state index contributed by atoms with van der Waals surface area (Å²) in [5.74, 6) is 1.70. The van der Waals surface area contributed by atoms with Crippen molar-refractivity contribution in [1.82, 2.24) is 20.2 Å². The molecule has 36 heavy (non-hydrogen) atoms. The summed E-state index contributed by atoms with van der Waals surface area (Å²) in [5, 5.41) is 6.09. The highest BCUT2D eigenvalue weighted by atomic mass is 32.2. The van der Waals surface area contributed by atoms with Crippen LogP contribution in [0.4, 0.5) is 4.79 Å². The molecule has 0 saturated carbocycles. The van der Waals surface area contributed by atoms with E-state index in [1.165, 1.54) is 0 Å². The van der Waals surface area contributed by atoms with E-state index in [9.17, 15) is 9.59 Å². The Morgan fingerprint density at radius 3 is 2.08 bits per heavy atom. The zero-order chi connectivity index (χ0) is 25.9. The first-order valence-electron chi connectivity index (χ1n) is 11.7. The van der Waals surface area contributed by atoms with E-state index in [0.29, 0.717) is 12.3 Å². The van der Waals surface area contributed by atoms with Gasteiger partial charge in [0.15, 0.2) is 5.16 Å². The third kappa shape index (κ3) is 6.94. The summed E-state index contributed by atoms with van der Waals surface area (Å²) < 4.78 is 17.6. The predicted molar refractivity (Wildman–Crippen MR) is 141 cm³/mol. The molecule has 0 fully saturated rings. The van der Waals surface area contributed by atoms with E-state index >= 15 is 0 Å². The second-order valence-electron chi connectivity index (χ2n) is 7.56. The smallest absolute Gasteiger partial charge is 0.325 e. The molecule has 0 aliphatic carbocycles. The number of rotatable bonds is 12. The van der Waals surface area contributed by atoms with Crippen molar-refractivity contribution in [2.45, 2.75) is 25.5 Å². The Morgan fingerprint density at radius 1 is 0.917 bits per heavy atom. The van der Waals surface area contributed by atoms with E-state index in [1.54, 1.807) is 32.9 Å². The van der Waals surface area contributed by atoms with E-state index in [-0.39, 0.29) is 13.2 Å². The molecule has 0 radical (unpaired) electrons. The van der Waals surface area contributed by atoms with Crippen molar-refractivity contribution in [3.8, 4) is 34.0 Å². The average Bonchev–Trinajstić information content (AvgIpc) is 3.28. The number of thioether (sulfide) groups is 1. The summed E-state index contributed by atoms with van der Waals surface area (Å²) in [6.07, 6.45) is 0. The minimum absolute atomic E-state index is 0.163. The molecule has 192 valence electrons. The van der Waals surface area contributed by atoms with Gasteiger partial charge in [-0.05, 0) is 62.4 Å². The molecule has 0 bridgehead atoms. The minimum Gasteiger partial charge on any atom is -0.497 e. The van der Waals surface area contributed by atoms with E-state index in [0.717, 1.165) is 45.7 Å². The number of amides is 2. The van der Waals surface area contributed by atoms with Gasteiger partial charge in [-0.15, -0.1) is 0 Å². The van der Waals surface area contributed by atoms with Gasteiger partial charge < -0.3 is 29.4 Å². The van der Waals surface area contributed by atoms with Gasteiger partial charge in [0, 0.05) is 30.0 Å². The fourth-order valence-corrected chi connectivity index (χ4v) is 4.48. The van der Waals surface area contributed by atoms with Crippen molar-refractivity contribution in [2.75, 3.05) is 39.7 Å². The number of hydrogen-bond donors (Lipinski definition) is 2. The number of hydrogen-bond acceptors (Lipinski definition) is 7. The molecule has 0 atom stereocenters. The average molecular weight is 513 g/mol. The number of urea groups is 1. The number of carbonyl (C=O) groups is 2. The molecule has 0 unspecified atom stereocenters. The molecule has 0 aliphatic heterocycles. The molecule has 0 saturated heterocycles. The quantitative estimate of drug-likeness (QED) is 0.213. The molecule has 1 aromatic heterocycles. The van der Waals surface area contributed by atoms with Crippen molar-refractivity contribution < 1.29 is 23.8 Å². The Morgan fingerprint density at radius 2 is 1.53 bits per heavy atom. The minimum atomic E-state index is -0.468. The van der Waals surface area contributed by atoms with Crippen LogP contribution in [0.2, 0.25) is 0 Å². The number of imidazole rings is 1. The molecular weight excluding hydrogens is 480 g/mol. The molecular formula is C26H32N4O5S. The number of nitrogens with one attached hydrogen (secondary N) is 2. The van der Waals surface area contributed by atoms with Crippen molar-refractivity contribution in [3.63, 3.8) is 0 Å². The van der Waals surface area contributed by atoms with Crippen LogP contribution in [0.5, 0.6) is 11.5 Å². The summed E-state index contributed by atoms with van der Waals surface area (Å²) in [7, 11) is 3.29. The number of carbonyl (C=O) groups excluding carboxylic acids is 2. The van der Waals surface area contributed by atoms with Crippen molar-refractivity contribution in [3.05, 3.63) is 48.5 Å². The van der Waals surface area contributed by atoms with E-state index in [2.05, 4.69) is 22.1 Å². The Hall–Kier alpha value is -3.66. The number of esters is 1. The van der Waals surface area contributed by atoms with Crippen LogP contribution in [0.3, 0.4) is 0 Å². The number of ether oxygens (including phenoxy) is 3. The number of aromatic nitrogens is 2. The summed E-state index contributed by atoms with van der Waals surface area (Å²) in [5.41, 5.74) is 3.88. The maximum atomic E-state index is 11.9. The summed E-state index contributed by atoms with van der Waals surface area (Å²) in [6, 6.07) is 15.3. The van der Waals surface area contributed by atoms with Gasteiger partial charge in [-0.2, -0.15) is 0 Å². The highest BCUT2D eigenvalue weighted by molar-refractivity contribution is 7.99. The molecule has 10 heteroatoms. The maximum absolute atomic E-state index is 11.9. The van der Waals surface area contributed by atoms with Gasteiger partial charge >= 0.3 is 12.0 Å². The van der Waals surface area contributed by atoms with E-state index in [1.807, 2.05) is 48.5 Å². The summed E-state index contributed by atoms with van der Waals surface area (Å²) in [4.78, 5) is 28.3. The van der Waals surface area contributed by atoms with Crippen LogP contribution < -0.4 is 20.1 Å². The predicted octanol–water partition coefficient (Wildman–Crippen LogP) is 4.21. The summed E-state index contributed by atoms with van der Waals surface area (Å²) >= 11 is 1.55. The number of methoxy groups -OCH3 is 2. The van der Waals surface area contributed by atoms with Gasteiger partial charge in [0.1, 0.15) is 18.0 Å². The van der Waals surface area contributed by atoms with Crippen LogP contribution in [0, 0.1) is 0 Å². The number of nitrogens with zero attached hydrogens (tertiary/aromatic N) is 2. The first kappa shape index (κ1) is 26.9. The third-order valence-electron chi connectivity index (χ3n) is 5.29. The molecule has 2 aromatic carbocycles. The molecule has 3 rings (SSSR count). The van der Waals surface area contributed by atoms with Crippen molar-refractivity contribution in [2.24, 2.45) is 0 Å². The van der Waals surface area contributed by atoms with Gasteiger partial charge in [0.2, 0.25) is 0 Å². The second kappa shape index (κ2) is 13.4. The van der Waals surface area contributed by atoms with Crippen LogP contribution in [0.1, 0.15) is 13.8 Å². The lowest BCUT2D eigenvalue weighted by molar-refractivity contribution is -0.141. The first-order chi connectivity index (χ1) is 17.5. The standard InChI is InChI=1S/C26H32N4O5S/c1-5-30-24(19-9-13-21(34-4)14-10-19)23(18-7-11-20(33-3)12-8-18)29-26(30)36-16-15-27-25(32)28-17-22(31)35-6-2/h7-14H,5-6,15-17H2,1-4H3,(H2,27,28,32). The van der Waals surface area contributed by atoms with E-state index < -0.39 is 12.0 Å². The molecule has 2 amide bonds. The Bertz CT molecular complexity index is 1150. The Balaban J connectivity index is 1.78. The maximum Gasteiger partial charge on any atom is 0.325 e. The topological polar surface area (TPSA) is 104 Å². The zero-order valence-corrected chi connectivity index (χ0v) is 21.8. The van der Waals surface area contributed by atoms with Crippen LogP contribution in [0.15, 0.2) is 53.7 Å². The molecule has 0 aliphatic rings. The van der Waals surface area contributed by atoms with Crippen molar-refractivity contribution in [1.29, 1.82) is 0 Å². The van der Waals surface area contributed by atoms with Crippen LogP contribution in [-0.4, -0.2) is 61.2 Å². The Kier molecular flexibility index (Phi) is 10.1. The number of benzene rings is 2. The fraction of sp³-hybridized carbons (Fsp3) is 0.346. The lowest BCUT2D eigenvalue weighted by Gasteiger charge is -2.12. The molecule has 0 spiro atoms. The van der Waals surface area contributed by atoms with Gasteiger partial charge in [0.05, 0.1) is 32.2 Å².